The van der Waals surface area contributed by atoms with Gasteiger partial charge in [-0.2, -0.15) is 10.1 Å². The van der Waals surface area contributed by atoms with Gasteiger partial charge in [0.25, 0.3) is 5.91 Å². The van der Waals surface area contributed by atoms with Gasteiger partial charge in [-0.1, -0.05) is 36.8 Å². The molecule has 0 aliphatic carbocycles. The molecule has 0 radical (unpaired) electrons. The van der Waals surface area contributed by atoms with Gasteiger partial charge in [-0.05, 0) is 37.6 Å². The van der Waals surface area contributed by atoms with Crippen molar-refractivity contribution in [2.24, 2.45) is 5.10 Å². The first-order valence-corrected chi connectivity index (χ1v) is 8.32. The number of nitrogens with zero attached hydrogens (tertiary/aromatic N) is 2. The smallest absolute Gasteiger partial charge is 0.276 e. The monoisotopic (exact) mass is 338 g/mol. The number of ether oxygens (including phenoxy) is 1. The van der Waals surface area contributed by atoms with E-state index in [4.69, 9.17) is 4.74 Å². The zero-order chi connectivity index (χ0) is 18.0. The van der Waals surface area contributed by atoms with Crippen LogP contribution in [0.5, 0.6) is 5.75 Å². The van der Waals surface area contributed by atoms with Crippen LogP contribution in [-0.4, -0.2) is 28.8 Å². The molecule has 0 saturated carbocycles. The predicted octanol–water partition coefficient (Wildman–Crippen LogP) is 3.46. The molecule has 5 heteroatoms. The van der Waals surface area contributed by atoms with Crippen molar-refractivity contribution in [2.75, 3.05) is 7.11 Å². The highest BCUT2D eigenvalue weighted by atomic mass is 16.5. The lowest BCUT2D eigenvalue weighted by atomic mass is 9.96. The fourth-order valence-electron chi connectivity index (χ4n) is 3.01. The first-order valence-electron chi connectivity index (χ1n) is 8.32. The molecule has 0 saturated heterocycles. The summed E-state index contributed by atoms with van der Waals surface area (Å²) in [7, 11) is 1.59. The Balaban J connectivity index is 2.01. The summed E-state index contributed by atoms with van der Waals surface area (Å²) in [5.41, 5.74) is 1.41. The number of benzene rings is 2. The first-order chi connectivity index (χ1) is 12.0. The number of methoxy groups -OCH3 is 1. The van der Waals surface area contributed by atoms with Crippen molar-refractivity contribution in [3.05, 3.63) is 65.2 Å². The second kappa shape index (κ2) is 6.69. The molecule has 1 heterocycles. The van der Waals surface area contributed by atoms with Gasteiger partial charge < -0.3 is 9.84 Å². The summed E-state index contributed by atoms with van der Waals surface area (Å²) < 4.78 is 5.17. The topological polar surface area (TPSA) is 62.1 Å². The summed E-state index contributed by atoms with van der Waals surface area (Å²) in [6.07, 6.45) is 0.976. The van der Waals surface area contributed by atoms with Crippen LogP contribution in [0, 0.1) is 6.92 Å². The maximum absolute atomic E-state index is 13.0. The molecule has 0 fully saturated rings. The average molecular weight is 338 g/mol. The number of rotatable bonds is 4. The highest BCUT2D eigenvalue weighted by molar-refractivity contribution is 5.98. The molecule has 0 spiro atoms. The van der Waals surface area contributed by atoms with E-state index < -0.39 is 5.72 Å². The number of hydrogen-bond donors (Lipinski definition) is 1. The SMILES string of the molecule is CCC1=NN(C(=O)c2cccc(C)c2)[C@@](O)(c2ccc(OC)cc2)C1. The molecular formula is C20H22N2O3. The van der Waals surface area contributed by atoms with Gasteiger partial charge in [-0.15, -0.1) is 0 Å². The number of aliphatic hydroxyl groups is 1. The quantitative estimate of drug-likeness (QED) is 0.928. The Bertz CT molecular complexity index is 814. The van der Waals surface area contributed by atoms with E-state index in [1.165, 1.54) is 5.01 Å². The van der Waals surface area contributed by atoms with Crippen molar-refractivity contribution in [2.45, 2.75) is 32.4 Å². The lowest BCUT2D eigenvalue weighted by molar-refractivity contribution is -0.0765. The lowest BCUT2D eigenvalue weighted by Crippen LogP contribution is -2.43. The van der Waals surface area contributed by atoms with E-state index >= 15 is 0 Å². The van der Waals surface area contributed by atoms with Gasteiger partial charge in [-0.25, -0.2) is 0 Å². The van der Waals surface area contributed by atoms with E-state index in [1.54, 1.807) is 43.5 Å². The van der Waals surface area contributed by atoms with E-state index in [-0.39, 0.29) is 5.91 Å². The van der Waals surface area contributed by atoms with Crippen LogP contribution in [0.2, 0.25) is 0 Å². The van der Waals surface area contributed by atoms with Crippen LogP contribution in [0.1, 0.15) is 41.3 Å². The van der Waals surface area contributed by atoms with Crippen LogP contribution in [0.4, 0.5) is 0 Å². The van der Waals surface area contributed by atoms with Gasteiger partial charge in [0.2, 0.25) is 0 Å². The number of aryl methyl sites for hydroxylation is 1. The summed E-state index contributed by atoms with van der Waals surface area (Å²) in [5, 5.41) is 17.0. The van der Waals surface area contributed by atoms with Gasteiger partial charge in [0, 0.05) is 23.3 Å². The number of carbonyl (C=O) groups is 1. The minimum atomic E-state index is -1.49. The van der Waals surface area contributed by atoms with E-state index in [9.17, 15) is 9.90 Å². The number of hydrogen-bond acceptors (Lipinski definition) is 4. The van der Waals surface area contributed by atoms with Crippen molar-refractivity contribution in [3.8, 4) is 5.75 Å². The molecule has 130 valence electrons. The molecule has 1 aliphatic heterocycles. The van der Waals surface area contributed by atoms with Crippen LogP contribution in [0.3, 0.4) is 0 Å². The van der Waals surface area contributed by atoms with E-state index in [1.807, 2.05) is 26.0 Å². The molecule has 1 amide bonds. The number of amides is 1. The minimum absolute atomic E-state index is 0.299. The average Bonchev–Trinajstić information content (AvgIpc) is 2.99. The molecule has 1 atom stereocenters. The van der Waals surface area contributed by atoms with Crippen molar-refractivity contribution < 1.29 is 14.6 Å². The second-order valence-corrected chi connectivity index (χ2v) is 6.23. The third-order valence-electron chi connectivity index (χ3n) is 4.46. The van der Waals surface area contributed by atoms with Crippen LogP contribution in [-0.2, 0) is 5.72 Å². The Labute approximate surface area is 147 Å². The van der Waals surface area contributed by atoms with Crippen LogP contribution in [0.15, 0.2) is 53.6 Å². The molecule has 1 aliphatic rings. The highest BCUT2D eigenvalue weighted by Gasteiger charge is 2.45. The van der Waals surface area contributed by atoms with Gasteiger partial charge in [0.05, 0.1) is 7.11 Å². The maximum Gasteiger partial charge on any atom is 0.276 e. The zero-order valence-electron chi connectivity index (χ0n) is 14.7. The van der Waals surface area contributed by atoms with Crippen LogP contribution >= 0.6 is 0 Å². The molecule has 0 bridgehead atoms. The summed E-state index contributed by atoms with van der Waals surface area (Å²) >= 11 is 0. The molecule has 1 N–H and O–H groups in total. The normalized spacial score (nSPS) is 19.7. The van der Waals surface area contributed by atoms with Gasteiger partial charge in [-0.3, -0.25) is 4.79 Å². The van der Waals surface area contributed by atoms with Gasteiger partial charge in [0.1, 0.15) is 5.75 Å². The summed E-state index contributed by atoms with van der Waals surface area (Å²) in [4.78, 5) is 13.0. The predicted molar refractivity (Wildman–Crippen MR) is 96.6 cm³/mol. The van der Waals surface area contributed by atoms with Crippen molar-refractivity contribution in [3.63, 3.8) is 0 Å². The third-order valence-corrected chi connectivity index (χ3v) is 4.46. The Morgan fingerprint density at radius 3 is 2.60 bits per heavy atom. The minimum Gasteiger partial charge on any atom is -0.497 e. The van der Waals surface area contributed by atoms with Crippen LogP contribution in [0.25, 0.3) is 0 Å². The standard InChI is InChI=1S/C20H22N2O3/c1-4-17-13-20(24,16-8-10-18(25-3)11-9-16)22(21-17)19(23)15-7-5-6-14(2)12-15/h5-12,24H,4,13H2,1-3H3/t20-/m0/s1. The molecule has 2 aromatic carbocycles. The Kier molecular flexibility index (Phi) is 4.59. The molecule has 2 aromatic rings. The molecule has 5 nitrogen and oxygen atoms in total. The molecule has 3 rings (SSSR count). The molecule has 0 aromatic heterocycles. The second-order valence-electron chi connectivity index (χ2n) is 6.23. The van der Waals surface area contributed by atoms with E-state index in [0.717, 1.165) is 11.3 Å². The lowest BCUT2D eigenvalue weighted by Gasteiger charge is -2.31. The molecule has 0 unspecified atom stereocenters. The largest absolute Gasteiger partial charge is 0.497 e. The summed E-state index contributed by atoms with van der Waals surface area (Å²) in [6, 6.07) is 14.4. The Morgan fingerprint density at radius 1 is 1.28 bits per heavy atom. The van der Waals surface area contributed by atoms with E-state index in [2.05, 4.69) is 5.10 Å². The highest BCUT2D eigenvalue weighted by Crippen LogP contribution is 2.37. The molecule has 25 heavy (non-hydrogen) atoms. The summed E-state index contributed by atoms with van der Waals surface area (Å²) in [5.74, 6) is 0.379. The van der Waals surface area contributed by atoms with Crippen molar-refractivity contribution in [1.29, 1.82) is 0 Å². The Morgan fingerprint density at radius 2 is 2.00 bits per heavy atom. The number of carbonyl (C=O) groups excluding carboxylic acids is 1. The maximum atomic E-state index is 13.0. The summed E-state index contributed by atoms with van der Waals surface area (Å²) in [6.45, 7) is 3.89. The fraction of sp³-hybridized carbons (Fsp3) is 0.300. The zero-order valence-corrected chi connectivity index (χ0v) is 14.7. The van der Waals surface area contributed by atoms with Gasteiger partial charge in [0.15, 0.2) is 5.72 Å². The van der Waals surface area contributed by atoms with Gasteiger partial charge >= 0.3 is 0 Å². The third kappa shape index (κ3) is 3.15. The van der Waals surface area contributed by atoms with E-state index in [0.29, 0.717) is 29.7 Å². The fourth-order valence-corrected chi connectivity index (χ4v) is 3.01. The number of hydrazone groups is 1. The first kappa shape index (κ1) is 17.2. The van der Waals surface area contributed by atoms with Crippen LogP contribution < -0.4 is 4.74 Å². The van der Waals surface area contributed by atoms with Crippen molar-refractivity contribution >= 4 is 11.6 Å². The van der Waals surface area contributed by atoms with Crippen molar-refractivity contribution in [1.82, 2.24) is 5.01 Å². The molecular weight excluding hydrogens is 316 g/mol. The Hall–Kier alpha value is -2.66.